The average molecular weight is 279 g/mol. The Bertz CT molecular complexity index is 291. The molecular formula is C11H21NO5S. The van der Waals surface area contributed by atoms with E-state index >= 15 is 0 Å². The zero-order valence-corrected chi connectivity index (χ0v) is 11.6. The van der Waals surface area contributed by atoms with Gasteiger partial charge in [-0.1, -0.05) is 0 Å². The van der Waals surface area contributed by atoms with Gasteiger partial charge in [0.2, 0.25) is 0 Å². The highest BCUT2D eigenvalue weighted by Crippen LogP contribution is 2.24. The SMILES string of the molecule is CCOC(=O)N(C)[C@H]1CC[C@H](OCS(=O)O)CC1. The highest BCUT2D eigenvalue weighted by molar-refractivity contribution is 7.79. The fraction of sp³-hybridized carbons (Fsp3) is 0.909. The summed E-state index contributed by atoms with van der Waals surface area (Å²) in [4.78, 5) is 13.2. The van der Waals surface area contributed by atoms with E-state index in [-0.39, 0.29) is 24.2 Å². The number of nitrogens with zero attached hydrogens (tertiary/aromatic N) is 1. The van der Waals surface area contributed by atoms with Crippen molar-refractivity contribution in [3.63, 3.8) is 0 Å². The second-order valence-corrected chi connectivity index (χ2v) is 5.23. The van der Waals surface area contributed by atoms with E-state index in [1.807, 2.05) is 0 Å². The van der Waals surface area contributed by atoms with Crippen LogP contribution in [-0.4, -0.2) is 51.5 Å². The van der Waals surface area contributed by atoms with Crippen LogP contribution >= 0.6 is 0 Å². The maximum absolute atomic E-state index is 11.5. The van der Waals surface area contributed by atoms with Gasteiger partial charge in [-0.2, -0.15) is 0 Å². The van der Waals surface area contributed by atoms with Crippen LogP contribution in [0, 0.1) is 0 Å². The summed E-state index contributed by atoms with van der Waals surface area (Å²) in [6, 6.07) is 0.170. The topological polar surface area (TPSA) is 76.1 Å². The number of rotatable bonds is 5. The van der Waals surface area contributed by atoms with Crippen LogP contribution in [0.25, 0.3) is 0 Å². The van der Waals surface area contributed by atoms with E-state index in [0.717, 1.165) is 25.7 Å². The van der Waals surface area contributed by atoms with Gasteiger partial charge in [-0.25, -0.2) is 9.00 Å². The van der Waals surface area contributed by atoms with Crippen LogP contribution < -0.4 is 0 Å². The lowest BCUT2D eigenvalue weighted by Crippen LogP contribution is -2.41. The zero-order chi connectivity index (χ0) is 13.5. The van der Waals surface area contributed by atoms with Crippen molar-refractivity contribution in [3.8, 4) is 0 Å². The predicted octanol–water partition coefficient (Wildman–Crippen LogP) is 1.58. The van der Waals surface area contributed by atoms with Gasteiger partial charge in [0.25, 0.3) is 0 Å². The summed E-state index contributed by atoms with van der Waals surface area (Å²) in [6.45, 7) is 2.16. The molecule has 0 aromatic carbocycles. The Morgan fingerprint density at radius 2 is 2.00 bits per heavy atom. The summed E-state index contributed by atoms with van der Waals surface area (Å²) in [7, 11) is 1.74. The van der Waals surface area contributed by atoms with Gasteiger partial charge < -0.3 is 18.9 Å². The Morgan fingerprint density at radius 3 is 2.50 bits per heavy atom. The summed E-state index contributed by atoms with van der Waals surface area (Å²) in [5.41, 5.74) is 0. The summed E-state index contributed by atoms with van der Waals surface area (Å²) in [5.74, 6) is -0.136. The molecule has 1 unspecified atom stereocenters. The first-order valence-electron chi connectivity index (χ1n) is 6.13. The van der Waals surface area contributed by atoms with Gasteiger partial charge in [0.15, 0.2) is 11.1 Å². The molecule has 0 saturated heterocycles. The third-order valence-corrected chi connectivity index (χ3v) is 3.49. The molecule has 0 heterocycles. The molecule has 0 spiro atoms. The Morgan fingerprint density at radius 1 is 1.39 bits per heavy atom. The molecule has 7 heteroatoms. The molecule has 0 aromatic heterocycles. The molecule has 1 aliphatic rings. The van der Waals surface area contributed by atoms with E-state index in [1.165, 1.54) is 0 Å². The van der Waals surface area contributed by atoms with Crippen LogP contribution in [0.2, 0.25) is 0 Å². The average Bonchev–Trinajstić information content (AvgIpc) is 2.36. The van der Waals surface area contributed by atoms with Crippen molar-refractivity contribution in [3.05, 3.63) is 0 Å². The van der Waals surface area contributed by atoms with E-state index in [4.69, 9.17) is 14.0 Å². The zero-order valence-electron chi connectivity index (χ0n) is 10.8. The van der Waals surface area contributed by atoms with Gasteiger partial charge in [-0.05, 0) is 32.6 Å². The molecule has 1 N–H and O–H groups in total. The molecule has 106 valence electrons. The Hall–Kier alpha value is -0.660. The first-order chi connectivity index (χ1) is 8.54. The fourth-order valence-corrected chi connectivity index (χ4v) is 2.44. The van der Waals surface area contributed by atoms with Crippen LogP contribution in [-0.2, 0) is 20.6 Å². The van der Waals surface area contributed by atoms with Gasteiger partial charge in [0, 0.05) is 13.1 Å². The summed E-state index contributed by atoms with van der Waals surface area (Å²) in [6.07, 6.45) is 2.99. The molecule has 18 heavy (non-hydrogen) atoms. The minimum absolute atomic E-state index is 0.0212. The molecule has 0 aromatic rings. The lowest BCUT2D eigenvalue weighted by Gasteiger charge is -2.33. The Kier molecular flexibility index (Phi) is 6.59. The van der Waals surface area contributed by atoms with Crippen molar-refractivity contribution in [2.75, 3.05) is 19.6 Å². The van der Waals surface area contributed by atoms with E-state index in [1.54, 1.807) is 18.9 Å². The standard InChI is InChI=1S/C11H21NO5S/c1-3-16-11(13)12(2)9-4-6-10(7-5-9)17-8-18(14)15/h9-10H,3-8H2,1-2H3,(H,14,15)/t9-,10-. The Balaban J connectivity index is 2.30. The molecule has 1 atom stereocenters. The summed E-state index contributed by atoms with van der Waals surface area (Å²) in [5, 5.41) is 0. The van der Waals surface area contributed by atoms with Gasteiger partial charge in [0.1, 0.15) is 5.94 Å². The van der Waals surface area contributed by atoms with Gasteiger partial charge in [-0.15, -0.1) is 0 Å². The van der Waals surface area contributed by atoms with Crippen LogP contribution in [0.3, 0.4) is 0 Å². The smallest absolute Gasteiger partial charge is 0.409 e. The third-order valence-electron chi connectivity index (χ3n) is 3.15. The molecule has 1 aliphatic carbocycles. The molecule has 0 radical (unpaired) electrons. The van der Waals surface area contributed by atoms with Crippen molar-refractivity contribution >= 4 is 17.2 Å². The molecule has 1 fully saturated rings. The molecular weight excluding hydrogens is 258 g/mol. The fourth-order valence-electron chi connectivity index (χ4n) is 2.13. The predicted molar refractivity (Wildman–Crippen MR) is 67.6 cm³/mol. The summed E-state index contributed by atoms with van der Waals surface area (Å²) >= 11 is -1.90. The summed E-state index contributed by atoms with van der Waals surface area (Å²) < 4.78 is 29.4. The van der Waals surface area contributed by atoms with E-state index < -0.39 is 11.1 Å². The molecule has 1 amide bonds. The van der Waals surface area contributed by atoms with Gasteiger partial charge in [0.05, 0.1) is 12.7 Å². The molecule has 1 saturated carbocycles. The molecule has 0 bridgehead atoms. The van der Waals surface area contributed by atoms with Crippen LogP contribution in [0.15, 0.2) is 0 Å². The maximum atomic E-state index is 11.5. The van der Waals surface area contributed by atoms with Crippen molar-refractivity contribution in [1.82, 2.24) is 4.90 Å². The third kappa shape index (κ3) is 4.91. The van der Waals surface area contributed by atoms with E-state index in [0.29, 0.717) is 6.61 Å². The van der Waals surface area contributed by atoms with Gasteiger partial charge in [-0.3, -0.25) is 0 Å². The van der Waals surface area contributed by atoms with E-state index in [2.05, 4.69) is 0 Å². The highest BCUT2D eigenvalue weighted by Gasteiger charge is 2.27. The minimum Gasteiger partial charge on any atom is -0.450 e. The number of carbonyl (C=O) groups is 1. The second-order valence-electron chi connectivity index (χ2n) is 4.35. The number of hydrogen-bond donors (Lipinski definition) is 1. The minimum atomic E-state index is -1.90. The van der Waals surface area contributed by atoms with Gasteiger partial charge >= 0.3 is 6.09 Å². The Labute approximate surface area is 110 Å². The molecule has 6 nitrogen and oxygen atoms in total. The number of amides is 1. The molecule has 1 rings (SSSR count). The van der Waals surface area contributed by atoms with Crippen molar-refractivity contribution < 1.29 is 23.0 Å². The molecule has 0 aliphatic heterocycles. The lowest BCUT2D eigenvalue weighted by atomic mass is 9.92. The number of hydrogen-bond acceptors (Lipinski definition) is 4. The highest BCUT2D eigenvalue weighted by atomic mass is 32.2. The quantitative estimate of drug-likeness (QED) is 0.773. The van der Waals surface area contributed by atoms with Crippen molar-refractivity contribution in [2.24, 2.45) is 0 Å². The van der Waals surface area contributed by atoms with Crippen LogP contribution in [0.1, 0.15) is 32.6 Å². The maximum Gasteiger partial charge on any atom is 0.409 e. The first kappa shape index (κ1) is 15.4. The van der Waals surface area contributed by atoms with Crippen LogP contribution in [0.5, 0.6) is 0 Å². The number of ether oxygens (including phenoxy) is 2. The van der Waals surface area contributed by atoms with Crippen LogP contribution in [0.4, 0.5) is 4.79 Å². The van der Waals surface area contributed by atoms with Crippen molar-refractivity contribution in [1.29, 1.82) is 0 Å². The first-order valence-corrected chi connectivity index (χ1v) is 7.40. The largest absolute Gasteiger partial charge is 0.450 e. The monoisotopic (exact) mass is 279 g/mol. The van der Waals surface area contributed by atoms with E-state index in [9.17, 15) is 9.00 Å². The second kappa shape index (κ2) is 7.70. The number of carbonyl (C=O) groups excluding carboxylic acids is 1. The van der Waals surface area contributed by atoms with Crippen molar-refractivity contribution in [2.45, 2.75) is 44.8 Å². The lowest BCUT2D eigenvalue weighted by molar-refractivity contribution is 0.0297. The normalized spacial score (nSPS) is 25.5.